The van der Waals surface area contributed by atoms with Gasteiger partial charge in [0.2, 0.25) is 11.2 Å². The minimum Gasteiger partial charge on any atom is -1.00 e. The molecular weight excluding hydrogens is 445 g/mol. The van der Waals surface area contributed by atoms with E-state index in [1.54, 1.807) is 0 Å². The van der Waals surface area contributed by atoms with Crippen LogP contribution in [-0.4, -0.2) is 4.98 Å². The number of aryl methyl sites for hydroxylation is 1. The van der Waals surface area contributed by atoms with Gasteiger partial charge in [-0.05, 0) is 29.8 Å². The summed E-state index contributed by atoms with van der Waals surface area (Å²) in [6.45, 7) is 0. The molecule has 0 amide bonds. The zero-order chi connectivity index (χ0) is 16.7. The van der Waals surface area contributed by atoms with E-state index in [1.807, 2.05) is 49.6 Å². The predicted molar refractivity (Wildman–Crippen MR) is 102 cm³/mol. The zero-order valence-electron chi connectivity index (χ0n) is 13.6. The van der Waals surface area contributed by atoms with Crippen LogP contribution in [0, 0.1) is 0 Å². The lowest BCUT2D eigenvalue weighted by molar-refractivity contribution is -0.646. The molecule has 0 saturated carbocycles. The van der Waals surface area contributed by atoms with E-state index in [1.165, 1.54) is 5.39 Å². The van der Waals surface area contributed by atoms with E-state index in [4.69, 9.17) is 17.3 Å². The van der Waals surface area contributed by atoms with Crippen LogP contribution in [-0.2, 0) is 7.05 Å². The lowest BCUT2D eigenvalue weighted by atomic mass is 10.1. The van der Waals surface area contributed by atoms with E-state index in [0.717, 1.165) is 33.4 Å². The number of pyridine rings is 1. The number of anilines is 1. The largest absolute Gasteiger partial charge is 1.00 e. The van der Waals surface area contributed by atoms with E-state index in [-0.39, 0.29) is 24.0 Å². The molecule has 2 aromatic heterocycles. The number of benzene rings is 2. The Morgan fingerprint density at radius 1 is 1.04 bits per heavy atom. The summed E-state index contributed by atoms with van der Waals surface area (Å²) in [5, 5.41) is 2.91. The molecule has 0 atom stereocenters. The molecule has 3 nitrogen and oxygen atoms in total. The molecule has 4 aromatic rings. The van der Waals surface area contributed by atoms with Crippen molar-refractivity contribution in [3.05, 3.63) is 71.0 Å². The van der Waals surface area contributed by atoms with Crippen molar-refractivity contribution in [3.63, 3.8) is 0 Å². The zero-order valence-corrected chi connectivity index (χ0v) is 16.5. The number of nitrogens with two attached hydrogens (primary N) is 1. The molecule has 2 aromatic carbocycles. The molecule has 0 bridgehead atoms. The lowest BCUT2D eigenvalue weighted by Crippen LogP contribution is -3.00. The molecule has 0 aliphatic rings. The molecule has 3 N–H and O–H groups in total. The Labute approximate surface area is 168 Å². The Morgan fingerprint density at radius 3 is 2.68 bits per heavy atom. The summed E-state index contributed by atoms with van der Waals surface area (Å²) < 4.78 is 2.10. The van der Waals surface area contributed by atoms with Crippen molar-refractivity contribution in [1.29, 1.82) is 0 Å². The number of nitrogens with zero attached hydrogens (tertiary/aromatic N) is 1. The van der Waals surface area contributed by atoms with Gasteiger partial charge in [0.1, 0.15) is 7.05 Å². The molecule has 25 heavy (non-hydrogen) atoms. The second-order valence-corrected chi connectivity index (χ2v) is 6.30. The van der Waals surface area contributed by atoms with Crippen LogP contribution in [0.5, 0.6) is 0 Å². The van der Waals surface area contributed by atoms with Crippen molar-refractivity contribution in [2.24, 2.45) is 7.05 Å². The van der Waals surface area contributed by atoms with Gasteiger partial charge in [-0.2, -0.15) is 4.57 Å². The first-order valence-corrected chi connectivity index (χ1v) is 8.13. The summed E-state index contributed by atoms with van der Waals surface area (Å²) in [5.74, 6) is 0. The maximum Gasteiger partial charge on any atom is 0.216 e. The highest BCUT2D eigenvalue weighted by Crippen LogP contribution is 2.24. The van der Waals surface area contributed by atoms with E-state index in [2.05, 4.69) is 33.8 Å². The van der Waals surface area contributed by atoms with E-state index < -0.39 is 0 Å². The highest BCUT2D eigenvalue weighted by atomic mass is 127. The standard InChI is InChI=1S/C20H16ClN3.HI/c1-24-15(11-18(22)17-9-7-14(21)10-20(17)24)8-6-13-12-23-19-5-3-2-4-16(13)19;/h2-12H,1H3,(H2,22,23);1H. The van der Waals surface area contributed by atoms with Gasteiger partial charge in [-0.25, -0.2) is 0 Å². The van der Waals surface area contributed by atoms with Crippen molar-refractivity contribution in [3.8, 4) is 0 Å². The molecule has 0 spiro atoms. The normalized spacial score (nSPS) is 11.3. The molecule has 0 aliphatic heterocycles. The topological polar surface area (TPSA) is 45.7 Å². The molecule has 126 valence electrons. The van der Waals surface area contributed by atoms with Crippen LogP contribution in [0.3, 0.4) is 0 Å². The van der Waals surface area contributed by atoms with Crippen LogP contribution in [0.1, 0.15) is 11.3 Å². The maximum atomic E-state index is 6.22. The Hall–Kier alpha value is -2.05. The number of H-pyrrole nitrogens is 1. The second kappa shape index (κ2) is 7.06. The first kappa shape index (κ1) is 17.8. The van der Waals surface area contributed by atoms with Gasteiger partial charge in [-0.3, -0.25) is 0 Å². The Balaban J connectivity index is 0.00000182. The molecule has 0 saturated heterocycles. The first-order chi connectivity index (χ1) is 11.6. The summed E-state index contributed by atoms with van der Waals surface area (Å²) >= 11 is 6.14. The number of hydrogen-bond acceptors (Lipinski definition) is 1. The van der Waals surface area contributed by atoms with Crippen LogP contribution < -0.4 is 34.3 Å². The van der Waals surface area contributed by atoms with E-state index >= 15 is 0 Å². The number of fused-ring (bicyclic) bond motifs is 2. The monoisotopic (exact) mass is 461 g/mol. The van der Waals surface area contributed by atoms with E-state index in [0.29, 0.717) is 5.02 Å². The molecule has 0 unspecified atom stereocenters. The lowest BCUT2D eigenvalue weighted by Gasteiger charge is -2.04. The summed E-state index contributed by atoms with van der Waals surface area (Å²) in [5.41, 5.74) is 11.3. The van der Waals surface area contributed by atoms with Crippen molar-refractivity contribution in [2.75, 3.05) is 5.73 Å². The van der Waals surface area contributed by atoms with Gasteiger partial charge in [-0.15, -0.1) is 0 Å². The molecule has 0 fully saturated rings. The van der Waals surface area contributed by atoms with Gasteiger partial charge in [-0.1, -0.05) is 29.8 Å². The molecule has 5 heteroatoms. The maximum absolute atomic E-state index is 6.22. The summed E-state index contributed by atoms with van der Waals surface area (Å²) in [6, 6.07) is 16.0. The quantitative estimate of drug-likeness (QED) is 0.345. The number of rotatable bonds is 2. The van der Waals surface area contributed by atoms with Crippen LogP contribution in [0.2, 0.25) is 5.02 Å². The number of aromatic nitrogens is 2. The predicted octanol–water partition coefficient (Wildman–Crippen LogP) is 1.56. The molecule has 0 radical (unpaired) electrons. The van der Waals surface area contributed by atoms with Gasteiger partial charge in [0, 0.05) is 40.3 Å². The Morgan fingerprint density at radius 2 is 1.84 bits per heavy atom. The minimum atomic E-state index is 0. The highest BCUT2D eigenvalue weighted by molar-refractivity contribution is 6.31. The summed E-state index contributed by atoms with van der Waals surface area (Å²) in [7, 11) is 2.02. The molecular formula is C20H17ClIN3. The van der Waals surface area contributed by atoms with Crippen LogP contribution in [0.4, 0.5) is 5.69 Å². The van der Waals surface area contributed by atoms with Crippen molar-refractivity contribution >= 4 is 51.2 Å². The van der Waals surface area contributed by atoms with Gasteiger partial charge in [0.25, 0.3) is 0 Å². The third-order valence-corrected chi connectivity index (χ3v) is 4.61. The second-order valence-electron chi connectivity index (χ2n) is 5.87. The van der Waals surface area contributed by atoms with Crippen molar-refractivity contribution in [1.82, 2.24) is 4.98 Å². The number of nitrogens with one attached hydrogen (secondary N) is 1. The smallest absolute Gasteiger partial charge is 0.216 e. The highest BCUT2D eigenvalue weighted by Gasteiger charge is 2.13. The number of aromatic amines is 1. The van der Waals surface area contributed by atoms with Gasteiger partial charge < -0.3 is 34.7 Å². The Kier molecular flexibility index (Phi) is 5.01. The van der Waals surface area contributed by atoms with Crippen molar-refractivity contribution in [2.45, 2.75) is 0 Å². The minimum absolute atomic E-state index is 0. The van der Waals surface area contributed by atoms with Crippen LogP contribution in [0.15, 0.2) is 54.7 Å². The fraction of sp³-hybridized carbons (Fsp3) is 0.0500. The van der Waals surface area contributed by atoms with Crippen molar-refractivity contribution < 1.29 is 28.5 Å². The average Bonchev–Trinajstić information content (AvgIpc) is 3.00. The van der Waals surface area contributed by atoms with Crippen LogP contribution >= 0.6 is 11.6 Å². The van der Waals surface area contributed by atoms with Gasteiger partial charge in [0.15, 0.2) is 0 Å². The van der Waals surface area contributed by atoms with Crippen LogP contribution in [0.25, 0.3) is 34.0 Å². The van der Waals surface area contributed by atoms with Gasteiger partial charge in [0.05, 0.1) is 11.1 Å². The third kappa shape index (κ3) is 3.24. The molecule has 4 rings (SSSR count). The SMILES string of the molecule is C[n+]1c(/C=C/c2c[nH]c3ccccc23)cc(N)c2ccc(Cl)cc21.[I-]. The fourth-order valence-electron chi connectivity index (χ4n) is 3.07. The third-order valence-electron chi connectivity index (χ3n) is 4.38. The number of halogens is 2. The van der Waals surface area contributed by atoms with E-state index in [9.17, 15) is 0 Å². The average molecular weight is 462 g/mol. The molecule has 0 aliphatic carbocycles. The number of nitrogen functional groups attached to an aromatic ring is 1. The Bertz CT molecular complexity index is 1100. The summed E-state index contributed by atoms with van der Waals surface area (Å²) in [6.07, 6.45) is 6.19. The number of para-hydroxylation sites is 1. The van der Waals surface area contributed by atoms with Gasteiger partial charge >= 0.3 is 0 Å². The first-order valence-electron chi connectivity index (χ1n) is 7.75. The molecule has 2 heterocycles. The number of hydrogen-bond donors (Lipinski definition) is 2. The fourth-order valence-corrected chi connectivity index (χ4v) is 3.23. The summed E-state index contributed by atoms with van der Waals surface area (Å²) in [4.78, 5) is 3.29.